The molecule has 6 nitrogen and oxygen atoms in total. The van der Waals surface area contributed by atoms with E-state index in [9.17, 15) is 14.0 Å². The van der Waals surface area contributed by atoms with Crippen LogP contribution < -0.4 is 10.6 Å². The highest BCUT2D eigenvalue weighted by atomic mass is 32.1. The molecular formula is C23H29FN4O2S. The number of piperidine rings is 1. The third-order valence-electron chi connectivity index (χ3n) is 6.14. The van der Waals surface area contributed by atoms with Gasteiger partial charge in [0.25, 0.3) is 5.91 Å². The number of likely N-dealkylation sites (tertiary alicyclic amines) is 1. The molecule has 0 spiro atoms. The number of amides is 3. The van der Waals surface area contributed by atoms with Crippen molar-refractivity contribution in [3.63, 3.8) is 0 Å². The molecule has 2 aliphatic rings. The van der Waals surface area contributed by atoms with Gasteiger partial charge < -0.3 is 15.5 Å². The van der Waals surface area contributed by atoms with Crippen molar-refractivity contribution in [2.24, 2.45) is 0 Å². The van der Waals surface area contributed by atoms with Gasteiger partial charge in [-0.3, -0.25) is 4.79 Å². The molecule has 0 unspecified atom stereocenters. The number of thiazole rings is 1. The van der Waals surface area contributed by atoms with Crippen molar-refractivity contribution in [2.75, 3.05) is 13.1 Å². The number of halogens is 1. The number of aryl methyl sites for hydroxylation is 1. The van der Waals surface area contributed by atoms with Crippen LogP contribution in [0.3, 0.4) is 0 Å². The Morgan fingerprint density at radius 2 is 1.65 bits per heavy atom. The maximum Gasteiger partial charge on any atom is 0.317 e. The van der Waals surface area contributed by atoms with E-state index in [1.807, 2.05) is 11.8 Å². The highest BCUT2D eigenvalue weighted by Crippen LogP contribution is 2.28. The number of hydrogen-bond donors (Lipinski definition) is 2. The molecule has 0 bridgehead atoms. The van der Waals surface area contributed by atoms with Crippen LogP contribution in [-0.2, 0) is 0 Å². The standard InChI is InChI=1S/C23H29FN4O2S/c1-15-20(31-22(25-15)16-7-9-17(24)10-8-16)21(29)26-19-11-13-28(14-12-19)23(30)27-18-5-3-2-4-6-18/h7-10,18-19H,2-6,11-14H2,1H3,(H,26,29)(H,27,30). The van der Waals surface area contributed by atoms with Crippen LogP contribution in [0.5, 0.6) is 0 Å². The van der Waals surface area contributed by atoms with E-state index >= 15 is 0 Å². The molecule has 1 aliphatic heterocycles. The average molecular weight is 445 g/mol. The van der Waals surface area contributed by atoms with E-state index in [4.69, 9.17) is 0 Å². The van der Waals surface area contributed by atoms with Crippen LogP contribution in [0.1, 0.15) is 60.3 Å². The Hall–Kier alpha value is -2.48. The van der Waals surface area contributed by atoms with Crippen LogP contribution in [0.4, 0.5) is 9.18 Å². The number of nitrogens with one attached hydrogen (secondary N) is 2. The van der Waals surface area contributed by atoms with Crippen LogP contribution in [-0.4, -0.2) is 47.0 Å². The molecule has 0 radical (unpaired) electrons. The number of nitrogens with zero attached hydrogens (tertiary/aromatic N) is 2. The summed E-state index contributed by atoms with van der Waals surface area (Å²) in [4.78, 5) is 32.3. The monoisotopic (exact) mass is 444 g/mol. The lowest BCUT2D eigenvalue weighted by molar-refractivity contribution is 0.0920. The second-order valence-corrected chi connectivity index (χ2v) is 9.46. The van der Waals surface area contributed by atoms with Gasteiger partial charge in [-0.15, -0.1) is 11.3 Å². The zero-order chi connectivity index (χ0) is 21.8. The molecule has 1 saturated heterocycles. The average Bonchev–Trinajstić information content (AvgIpc) is 3.17. The first-order valence-electron chi connectivity index (χ1n) is 11.1. The molecule has 0 atom stereocenters. The Labute approximate surface area is 186 Å². The van der Waals surface area contributed by atoms with Gasteiger partial charge in [-0.25, -0.2) is 14.2 Å². The summed E-state index contributed by atoms with van der Waals surface area (Å²) in [6.07, 6.45) is 7.29. The minimum absolute atomic E-state index is 0.0268. The van der Waals surface area contributed by atoms with Gasteiger partial charge in [-0.05, 0) is 56.9 Å². The Kier molecular flexibility index (Phi) is 6.85. The molecule has 1 saturated carbocycles. The van der Waals surface area contributed by atoms with Crippen molar-refractivity contribution in [3.8, 4) is 10.6 Å². The minimum Gasteiger partial charge on any atom is -0.348 e. The van der Waals surface area contributed by atoms with Crippen molar-refractivity contribution in [2.45, 2.75) is 64.0 Å². The van der Waals surface area contributed by atoms with Crippen LogP contribution >= 0.6 is 11.3 Å². The zero-order valence-corrected chi connectivity index (χ0v) is 18.6. The van der Waals surface area contributed by atoms with Crippen molar-refractivity contribution in [3.05, 3.63) is 40.7 Å². The van der Waals surface area contributed by atoms with Gasteiger partial charge in [0.15, 0.2) is 0 Å². The summed E-state index contributed by atoms with van der Waals surface area (Å²) in [7, 11) is 0. The van der Waals surface area contributed by atoms with E-state index in [0.29, 0.717) is 34.7 Å². The minimum atomic E-state index is -0.297. The Balaban J connectivity index is 1.29. The van der Waals surface area contributed by atoms with Crippen molar-refractivity contribution >= 4 is 23.3 Å². The zero-order valence-electron chi connectivity index (χ0n) is 17.8. The van der Waals surface area contributed by atoms with E-state index in [1.165, 1.54) is 42.7 Å². The molecule has 1 aromatic heterocycles. The molecule has 166 valence electrons. The second-order valence-electron chi connectivity index (χ2n) is 8.46. The summed E-state index contributed by atoms with van der Waals surface area (Å²) in [6.45, 7) is 3.11. The highest BCUT2D eigenvalue weighted by Gasteiger charge is 2.27. The van der Waals surface area contributed by atoms with E-state index in [2.05, 4.69) is 15.6 Å². The largest absolute Gasteiger partial charge is 0.348 e. The highest BCUT2D eigenvalue weighted by molar-refractivity contribution is 7.17. The molecule has 2 fully saturated rings. The molecule has 2 N–H and O–H groups in total. The second kappa shape index (κ2) is 9.77. The van der Waals surface area contributed by atoms with E-state index in [1.54, 1.807) is 12.1 Å². The Morgan fingerprint density at radius 3 is 2.32 bits per heavy atom. The first-order chi connectivity index (χ1) is 15.0. The summed E-state index contributed by atoms with van der Waals surface area (Å²) in [6, 6.07) is 6.50. The SMILES string of the molecule is Cc1nc(-c2ccc(F)cc2)sc1C(=O)NC1CCN(C(=O)NC2CCCCC2)CC1. The fraction of sp³-hybridized carbons (Fsp3) is 0.522. The summed E-state index contributed by atoms with van der Waals surface area (Å²) in [5.41, 5.74) is 1.47. The predicted octanol–water partition coefficient (Wildman–Crippen LogP) is 4.49. The molecule has 2 aromatic rings. The third-order valence-corrected chi connectivity index (χ3v) is 7.35. The van der Waals surface area contributed by atoms with Crippen molar-refractivity contribution < 1.29 is 14.0 Å². The predicted molar refractivity (Wildman–Crippen MR) is 120 cm³/mol. The lowest BCUT2D eigenvalue weighted by Gasteiger charge is -2.34. The number of benzene rings is 1. The van der Waals surface area contributed by atoms with Crippen LogP contribution in [0.2, 0.25) is 0 Å². The summed E-state index contributed by atoms with van der Waals surface area (Å²) < 4.78 is 13.2. The number of rotatable bonds is 4. The van der Waals surface area contributed by atoms with Gasteiger partial charge in [0, 0.05) is 30.7 Å². The molecule has 3 amide bonds. The molecule has 1 aromatic carbocycles. The number of aromatic nitrogens is 1. The lowest BCUT2D eigenvalue weighted by atomic mass is 9.95. The van der Waals surface area contributed by atoms with Gasteiger partial charge in [0.2, 0.25) is 0 Å². The normalized spacial score (nSPS) is 18.1. The quantitative estimate of drug-likeness (QED) is 0.729. The van der Waals surface area contributed by atoms with Gasteiger partial charge in [-0.1, -0.05) is 19.3 Å². The molecule has 31 heavy (non-hydrogen) atoms. The Morgan fingerprint density at radius 1 is 1.00 bits per heavy atom. The molecule has 8 heteroatoms. The lowest BCUT2D eigenvalue weighted by Crippen LogP contribution is -2.51. The number of urea groups is 1. The fourth-order valence-corrected chi connectivity index (χ4v) is 5.29. The van der Waals surface area contributed by atoms with Gasteiger partial charge >= 0.3 is 6.03 Å². The van der Waals surface area contributed by atoms with E-state index < -0.39 is 0 Å². The maximum absolute atomic E-state index is 13.2. The Bertz CT molecular complexity index is 916. The fourth-order valence-electron chi connectivity index (χ4n) is 4.31. The molecule has 2 heterocycles. The van der Waals surface area contributed by atoms with E-state index in [-0.39, 0.29) is 23.8 Å². The van der Waals surface area contributed by atoms with Crippen LogP contribution in [0.25, 0.3) is 10.6 Å². The van der Waals surface area contributed by atoms with Gasteiger partial charge in [0.1, 0.15) is 15.7 Å². The first-order valence-corrected chi connectivity index (χ1v) is 11.9. The molecule has 1 aliphatic carbocycles. The number of hydrogen-bond acceptors (Lipinski definition) is 4. The number of carbonyl (C=O) groups excluding carboxylic acids is 2. The first kappa shape index (κ1) is 21.7. The van der Waals surface area contributed by atoms with Crippen LogP contribution in [0, 0.1) is 12.7 Å². The van der Waals surface area contributed by atoms with Gasteiger partial charge in [0.05, 0.1) is 5.69 Å². The number of carbonyl (C=O) groups is 2. The van der Waals surface area contributed by atoms with Crippen molar-refractivity contribution in [1.29, 1.82) is 0 Å². The van der Waals surface area contributed by atoms with E-state index in [0.717, 1.165) is 31.2 Å². The van der Waals surface area contributed by atoms with Gasteiger partial charge in [-0.2, -0.15) is 0 Å². The topological polar surface area (TPSA) is 74.3 Å². The van der Waals surface area contributed by atoms with Crippen LogP contribution in [0.15, 0.2) is 24.3 Å². The molecular weight excluding hydrogens is 415 g/mol. The smallest absolute Gasteiger partial charge is 0.317 e. The third kappa shape index (κ3) is 5.42. The summed E-state index contributed by atoms with van der Waals surface area (Å²) in [5, 5.41) is 6.98. The molecule has 4 rings (SSSR count). The van der Waals surface area contributed by atoms with Crippen molar-refractivity contribution in [1.82, 2.24) is 20.5 Å². The summed E-state index contributed by atoms with van der Waals surface area (Å²) in [5.74, 6) is -0.428. The maximum atomic E-state index is 13.2. The summed E-state index contributed by atoms with van der Waals surface area (Å²) >= 11 is 1.32.